The first kappa shape index (κ1) is 17.1. The highest BCUT2D eigenvalue weighted by Gasteiger charge is 2.22. The van der Waals surface area contributed by atoms with Crippen LogP contribution in [0, 0.1) is 12.7 Å². The van der Waals surface area contributed by atoms with Crippen LogP contribution >= 0.6 is 0 Å². The van der Waals surface area contributed by atoms with Crippen molar-refractivity contribution in [1.82, 2.24) is 5.16 Å². The Morgan fingerprint density at radius 3 is 2.83 bits per heavy atom. The van der Waals surface area contributed by atoms with Gasteiger partial charge in [0.2, 0.25) is 11.8 Å². The second-order valence-electron chi connectivity index (χ2n) is 4.95. The van der Waals surface area contributed by atoms with E-state index in [2.05, 4.69) is 10.5 Å². The van der Waals surface area contributed by atoms with Crippen molar-refractivity contribution in [2.75, 3.05) is 12.4 Å². The minimum Gasteiger partial charge on any atom is -0.496 e. The Bertz CT molecular complexity index is 732. The van der Waals surface area contributed by atoms with Gasteiger partial charge in [0, 0.05) is 22.4 Å². The molecule has 1 heterocycles. The van der Waals surface area contributed by atoms with Crippen molar-refractivity contribution in [3.8, 4) is 5.75 Å². The van der Waals surface area contributed by atoms with Crippen LogP contribution in [0.2, 0.25) is 0 Å². The van der Waals surface area contributed by atoms with E-state index in [4.69, 9.17) is 9.26 Å². The van der Waals surface area contributed by atoms with Gasteiger partial charge in [-0.3, -0.25) is 14.3 Å². The number of halogens is 1. The topological polar surface area (TPSA) is 81.4 Å². The van der Waals surface area contributed by atoms with Gasteiger partial charge >= 0.3 is 0 Å². The van der Waals surface area contributed by atoms with Crippen molar-refractivity contribution in [3.05, 3.63) is 41.3 Å². The molecular weight excluding hydrogens is 323 g/mol. The molecule has 6 nitrogen and oxygen atoms in total. The highest BCUT2D eigenvalue weighted by Crippen LogP contribution is 2.22. The molecule has 1 aromatic heterocycles. The number of hydrogen-bond acceptors (Lipinski definition) is 5. The minimum atomic E-state index is -1.55. The Balaban J connectivity index is 2.05. The van der Waals surface area contributed by atoms with E-state index in [-0.39, 0.29) is 11.6 Å². The van der Waals surface area contributed by atoms with E-state index in [9.17, 15) is 13.4 Å². The fourth-order valence-electron chi connectivity index (χ4n) is 1.90. The highest BCUT2D eigenvalue weighted by molar-refractivity contribution is 7.85. The molecule has 0 aliphatic heterocycles. The van der Waals surface area contributed by atoms with Crippen LogP contribution in [-0.4, -0.2) is 27.6 Å². The van der Waals surface area contributed by atoms with Gasteiger partial charge in [0.1, 0.15) is 16.8 Å². The SMILES string of the molecule is COc1ccc(F)cc1C[S@](=O)[C@H](C)C(=O)Nc1cc(C)no1. The largest absolute Gasteiger partial charge is 0.496 e. The van der Waals surface area contributed by atoms with E-state index in [0.717, 1.165) is 0 Å². The molecule has 124 valence electrons. The van der Waals surface area contributed by atoms with Gasteiger partial charge in [0.15, 0.2) is 0 Å². The number of nitrogens with one attached hydrogen (secondary N) is 1. The lowest BCUT2D eigenvalue weighted by Crippen LogP contribution is -2.29. The maximum Gasteiger partial charge on any atom is 0.242 e. The van der Waals surface area contributed by atoms with Crippen LogP contribution in [0.4, 0.5) is 10.3 Å². The summed E-state index contributed by atoms with van der Waals surface area (Å²) >= 11 is 0. The number of ether oxygens (including phenoxy) is 1. The molecule has 0 aliphatic carbocycles. The van der Waals surface area contributed by atoms with Crippen molar-refractivity contribution in [2.24, 2.45) is 0 Å². The van der Waals surface area contributed by atoms with E-state index in [1.54, 1.807) is 13.0 Å². The number of benzene rings is 1. The van der Waals surface area contributed by atoms with Crippen LogP contribution in [0.15, 0.2) is 28.8 Å². The number of aromatic nitrogens is 1. The number of aryl methyl sites for hydroxylation is 1. The summed E-state index contributed by atoms with van der Waals surface area (Å²) in [6.45, 7) is 3.25. The number of anilines is 1. The lowest BCUT2D eigenvalue weighted by atomic mass is 10.2. The predicted octanol–water partition coefficient (Wildman–Crippen LogP) is 2.41. The van der Waals surface area contributed by atoms with E-state index < -0.39 is 27.8 Å². The molecule has 2 atom stereocenters. The molecular formula is C15H17FN2O4S. The van der Waals surface area contributed by atoms with E-state index in [1.807, 2.05) is 0 Å². The fraction of sp³-hybridized carbons (Fsp3) is 0.333. The van der Waals surface area contributed by atoms with E-state index in [1.165, 1.54) is 32.2 Å². The van der Waals surface area contributed by atoms with Crippen molar-refractivity contribution in [3.63, 3.8) is 0 Å². The molecule has 1 amide bonds. The molecule has 0 aliphatic rings. The maximum atomic E-state index is 13.3. The Morgan fingerprint density at radius 1 is 1.48 bits per heavy atom. The van der Waals surface area contributed by atoms with E-state index >= 15 is 0 Å². The zero-order chi connectivity index (χ0) is 17.0. The third-order valence-corrected chi connectivity index (χ3v) is 4.78. The number of nitrogens with zero attached hydrogens (tertiary/aromatic N) is 1. The molecule has 8 heteroatoms. The average molecular weight is 340 g/mol. The molecule has 0 unspecified atom stereocenters. The smallest absolute Gasteiger partial charge is 0.242 e. The van der Waals surface area contributed by atoms with Gasteiger partial charge in [-0.05, 0) is 32.0 Å². The van der Waals surface area contributed by atoms with Gasteiger partial charge in [0.05, 0.1) is 18.6 Å². The lowest BCUT2D eigenvalue weighted by Gasteiger charge is -2.12. The number of carbonyl (C=O) groups excluding carboxylic acids is 1. The molecule has 2 aromatic rings. The summed E-state index contributed by atoms with van der Waals surface area (Å²) in [5.74, 6) is -0.287. The lowest BCUT2D eigenvalue weighted by molar-refractivity contribution is -0.115. The minimum absolute atomic E-state index is 0.00491. The van der Waals surface area contributed by atoms with Gasteiger partial charge in [-0.2, -0.15) is 0 Å². The standard InChI is InChI=1S/C15H17FN2O4S/c1-9-6-14(22-18-9)17-15(19)10(2)23(20)8-11-7-12(16)4-5-13(11)21-3/h4-7,10H,8H2,1-3H3,(H,17,19)/t10-,23+/m1/s1. The first-order valence-electron chi connectivity index (χ1n) is 6.84. The summed E-state index contributed by atoms with van der Waals surface area (Å²) in [5, 5.41) is 5.34. The second kappa shape index (κ2) is 7.36. The summed E-state index contributed by atoms with van der Waals surface area (Å²) in [5.41, 5.74) is 1.07. The van der Waals surface area contributed by atoms with Crippen LogP contribution in [0.25, 0.3) is 0 Å². The number of rotatable bonds is 6. The summed E-state index contributed by atoms with van der Waals surface area (Å²) in [6.07, 6.45) is 0. The van der Waals surface area contributed by atoms with Crippen LogP contribution in [0.1, 0.15) is 18.2 Å². The second-order valence-corrected chi connectivity index (χ2v) is 6.70. The summed E-state index contributed by atoms with van der Waals surface area (Å²) < 4.78 is 35.7. The molecule has 1 N–H and O–H groups in total. The Labute approximate surface area is 135 Å². The predicted molar refractivity (Wildman–Crippen MR) is 84.1 cm³/mol. The zero-order valence-electron chi connectivity index (χ0n) is 13.0. The van der Waals surface area contributed by atoms with Crippen molar-refractivity contribution in [2.45, 2.75) is 24.9 Å². The third-order valence-electron chi connectivity index (χ3n) is 3.18. The van der Waals surface area contributed by atoms with Gasteiger partial charge < -0.3 is 9.26 Å². The molecule has 0 saturated carbocycles. The number of amides is 1. The number of carbonyl (C=O) groups is 1. The number of hydrogen-bond donors (Lipinski definition) is 1. The van der Waals surface area contributed by atoms with Crippen LogP contribution in [0.5, 0.6) is 5.75 Å². The fourth-order valence-corrected chi connectivity index (χ4v) is 2.98. The number of methoxy groups -OCH3 is 1. The first-order chi connectivity index (χ1) is 10.9. The molecule has 1 aromatic carbocycles. The third kappa shape index (κ3) is 4.38. The summed E-state index contributed by atoms with van der Waals surface area (Å²) in [7, 11) is -0.107. The molecule has 0 bridgehead atoms. The van der Waals surface area contributed by atoms with Crippen LogP contribution in [0.3, 0.4) is 0 Å². The van der Waals surface area contributed by atoms with Gasteiger partial charge in [0.25, 0.3) is 0 Å². The summed E-state index contributed by atoms with van der Waals surface area (Å²) in [4.78, 5) is 12.1. The van der Waals surface area contributed by atoms with Gasteiger partial charge in [-0.1, -0.05) is 5.16 Å². The maximum absolute atomic E-state index is 13.3. The quantitative estimate of drug-likeness (QED) is 0.873. The Hall–Kier alpha value is -2.22. The molecule has 2 rings (SSSR count). The first-order valence-corrected chi connectivity index (χ1v) is 8.22. The summed E-state index contributed by atoms with van der Waals surface area (Å²) in [6, 6.07) is 5.53. The monoisotopic (exact) mass is 340 g/mol. The van der Waals surface area contributed by atoms with Crippen LogP contribution in [-0.2, 0) is 21.3 Å². The molecule has 0 radical (unpaired) electrons. The molecule has 0 spiro atoms. The van der Waals surface area contributed by atoms with Crippen molar-refractivity contribution < 1.29 is 22.7 Å². The Kier molecular flexibility index (Phi) is 5.49. The average Bonchev–Trinajstić information content (AvgIpc) is 2.91. The Morgan fingerprint density at radius 2 is 2.22 bits per heavy atom. The van der Waals surface area contributed by atoms with Crippen molar-refractivity contribution >= 4 is 22.6 Å². The van der Waals surface area contributed by atoms with E-state index in [0.29, 0.717) is 17.0 Å². The molecule has 0 saturated heterocycles. The van der Waals surface area contributed by atoms with Crippen molar-refractivity contribution in [1.29, 1.82) is 0 Å². The highest BCUT2D eigenvalue weighted by atomic mass is 32.2. The normalized spacial score (nSPS) is 13.4. The molecule has 0 fully saturated rings. The van der Waals surface area contributed by atoms with Crippen LogP contribution < -0.4 is 10.1 Å². The molecule has 23 heavy (non-hydrogen) atoms. The van der Waals surface area contributed by atoms with Gasteiger partial charge in [-0.15, -0.1) is 0 Å². The van der Waals surface area contributed by atoms with Gasteiger partial charge in [-0.25, -0.2) is 4.39 Å². The zero-order valence-corrected chi connectivity index (χ0v) is 13.8.